The van der Waals surface area contributed by atoms with Gasteiger partial charge in [0.1, 0.15) is 11.6 Å². The molecule has 1 unspecified atom stereocenters. The fraction of sp³-hybridized carbons (Fsp3) is 0.292. The minimum atomic E-state index is -0.336. The number of rotatable bonds is 5. The molecule has 2 aromatic heterocycles. The number of aromatic nitrogens is 5. The lowest BCUT2D eigenvalue weighted by Crippen LogP contribution is -2.21. The second kappa shape index (κ2) is 8.39. The first kappa shape index (κ1) is 20.7. The van der Waals surface area contributed by atoms with Crippen LogP contribution in [-0.4, -0.2) is 31.7 Å². The fourth-order valence-corrected chi connectivity index (χ4v) is 4.72. The summed E-state index contributed by atoms with van der Waals surface area (Å²) in [6, 6.07) is 10.7. The van der Waals surface area contributed by atoms with Crippen molar-refractivity contribution in [3.05, 3.63) is 88.0 Å². The van der Waals surface area contributed by atoms with Gasteiger partial charge in [0.05, 0.1) is 42.2 Å². The molecule has 6 nitrogen and oxygen atoms in total. The van der Waals surface area contributed by atoms with Crippen molar-refractivity contribution >= 4 is 11.6 Å². The highest BCUT2D eigenvalue weighted by molar-refractivity contribution is 6.31. The van der Waals surface area contributed by atoms with Gasteiger partial charge in [-0.25, -0.2) is 14.1 Å². The van der Waals surface area contributed by atoms with E-state index in [1.165, 1.54) is 12.1 Å². The monoisotopic (exact) mass is 451 g/mol. The van der Waals surface area contributed by atoms with Gasteiger partial charge in [0.2, 0.25) is 0 Å². The Morgan fingerprint density at radius 3 is 2.84 bits per heavy atom. The van der Waals surface area contributed by atoms with Crippen LogP contribution in [0.4, 0.5) is 4.39 Å². The molecule has 1 atom stereocenters. The van der Waals surface area contributed by atoms with Gasteiger partial charge in [-0.15, -0.1) is 5.10 Å². The van der Waals surface area contributed by atoms with E-state index in [1.54, 1.807) is 19.5 Å². The molecule has 32 heavy (non-hydrogen) atoms. The molecule has 0 fully saturated rings. The smallest absolute Gasteiger partial charge is 0.143 e. The molecular weight excluding hydrogens is 429 g/mol. The minimum Gasteiger partial charge on any atom is -0.495 e. The summed E-state index contributed by atoms with van der Waals surface area (Å²) in [5.41, 5.74) is 5.91. The Morgan fingerprint density at radius 2 is 2.09 bits per heavy atom. The molecule has 0 spiro atoms. The summed E-state index contributed by atoms with van der Waals surface area (Å²) in [6.07, 6.45) is 7.20. The number of fused-ring (bicyclic) bond motifs is 1. The number of hydrogen-bond acceptors (Lipinski definition) is 4. The lowest BCUT2D eigenvalue weighted by Gasteiger charge is -2.25. The summed E-state index contributed by atoms with van der Waals surface area (Å²) < 4.78 is 23.1. The van der Waals surface area contributed by atoms with Crippen LogP contribution in [0.2, 0.25) is 5.02 Å². The maximum atomic E-state index is 13.5. The van der Waals surface area contributed by atoms with Gasteiger partial charge in [-0.2, -0.15) is 0 Å². The largest absolute Gasteiger partial charge is 0.495 e. The fourth-order valence-electron chi connectivity index (χ4n) is 4.43. The van der Waals surface area contributed by atoms with Gasteiger partial charge in [-0.05, 0) is 61.6 Å². The second-order valence-corrected chi connectivity index (χ2v) is 8.51. The van der Waals surface area contributed by atoms with Gasteiger partial charge in [0.25, 0.3) is 0 Å². The van der Waals surface area contributed by atoms with E-state index in [-0.39, 0.29) is 11.9 Å². The Balaban J connectivity index is 1.44. The molecule has 0 saturated heterocycles. The predicted octanol–water partition coefficient (Wildman–Crippen LogP) is 5.09. The molecule has 1 aliphatic rings. The van der Waals surface area contributed by atoms with Crippen molar-refractivity contribution in [1.82, 2.24) is 24.5 Å². The van der Waals surface area contributed by atoms with E-state index in [2.05, 4.69) is 21.4 Å². The van der Waals surface area contributed by atoms with Gasteiger partial charge >= 0.3 is 0 Å². The molecule has 3 heterocycles. The van der Waals surface area contributed by atoms with E-state index >= 15 is 0 Å². The average Bonchev–Trinajstić information content (AvgIpc) is 3.40. The zero-order valence-electron chi connectivity index (χ0n) is 17.9. The SMILES string of the molecule is COc1cc(Cc2nnn3c2CCCC3c2ccc(F)cc2Cl)ccc1-n1cnc(C)c1. The van der Waals surface area contributed by atoms with E-state index in [0.29, 0.717) is 11.4 Å². The van der Waals surface area contributed by atoms with Crippen molar-refractivity contribution in [2.75, 3.05) is 7.11 Å². The Hall–Kier alpha value is -3.19. The molecule has 4 aromatic rings. The Bertz CT molecular complexity index is 1280. The highest BCUT2D eigenvalue weighted by Crippen LogP contribution is 2.35. The van der Waals surface area contributed by atoms with Crippen molar-refractivity contribution in [2.24, 2.45) is 0 Å². The average molecular weight is 452 g/mol. The number of halogens is 2. The minimum absolute atomic E-state index is 0.0329. The third-order valence-electron chi connectivity index (χ3n) is 5.98. The van der Waals surface area contributed by atoms with Crippen molar-refractivity contribution in [2.45, 2.75) is 38.6 Å². The maximum Gasteiger partial charge on any atom is 0.143 e. The van der Waals surface area contributed by atoms with E-state index in [9.17, 15) is 4.39 Å². The number of benzene rings is 2. The van der Waals surface area contributed by atoms with Crippen LogP contribution in [0, 0.1) is 12.7 Å². The third-order valence-corrected chi connectivity index (χ3v) is 6.31. The molecule has 0 N–H and O–H groups in total. The lowest BCUT2D eigenvalue weighted by molar-refractivity contribution is 0.408. The summed E-state index contributed by atoms with van der Waals surface area (Å²) in [7, 11) is 1.67. The molecule has 0 amide bonds. The summed E-state index contributed by atoms with van der Waals surface area (Å²) in [5, 5.41) is 9.38. The molecule has 0 saturated carbocycles. The summed E-state index contributed by atoms with van der Waals surface area (Å²) >= 11 is 6.34. The quantitative estimate of drug-likeness (QED) is 0.424. The van der Waals surface area contributed by atoms with Crippen LogP contribution in [0.3, 0.4) is 0 Å². The molecule has 0 radical (unpaired) electrons. The van der Waals surface area contributed by atoms with Crippen LogP contribution >= 0.6 is 11.6 Å². The highest BCUT2D eigenvalue weighted by atomic mass is 35.5. The zero-order chi connectivity index (χ0) is 22.2. The van der Waals surface area contributed by atoms with Crippen LogP contribution in [0.15, 0.2) is 48.9 Å². The van der Waals surface area contributed by atoms with Crippen molar-refractivity contribution in [3.63, 3.8) is 0 Å². The molecule has 2 aromatic carbocycles. The molecule has 0 bridgehead atoms. The van der Waals surface area contributed by atoms with E-state index in [1.807, 2.05) is 34.5 Å². The van der Waals surface area contributed by atoms with Gasteiger partial charge in [-0.1, -0.05) is 28.9 Å². The summed E-state index contributed by atoms with van der Waals surface area (Å²) in [4.78, 5) is 4.30. The Morgan fingerprint density at radius 1 is 1.22 bits per heavy atom. The Labute approximate surface area is 190 Å². The highest BCUT2D eigenvalue weighted by Gasteiger charge is 2.27. The second-order valence-electron chi connectivity index (χ2n) is 8.11. The first-order valence-electron chi connectivity index (χ1n) is 10.6. The number of imidazole rings is 1. The number of methoxy groups -OCH3 is 1. The first-order valence-corrected chi connectivity index (χ1v) is 11.0. The standard InChI is InChI=1S/C24H23ClFN5O/c1-15-13-30(14-27-15)23-9-6-16(11-24(23)32-2)10-20-22-5-3-4-21(31(22)29-28-20)18-8-7-17(26)12-19(18)25/h6-9,11-14,21H,3-5,10H2,1-2H3. The molecule has 1 aliphatic heterocycles. The molecule has 8 heteroatoms. The van der Waals surface area contributed by atoms with E-state index in [4.69, 9.17) is 16.3 Å². The zero-order valence-corrected chi connectivity index (χ0v) is 18.7. The van der Waals surface area contributed by atoms with Gasteiger partial charge in [0.15, 0.2) is 0 Å². The van der Waals surface area contributed by atoms with Crippen molar-refractivity contribution in [1.29, 1.82) is 0 Å². The van der Waals surface area contributed by atoms with Gasteiger partial charge in [-0.3, -0.25) is 0 Å². The Kier molecular flexibility index (Phi) is 5.43. The molecule has 5 rings (SSSR count). The van der Waals surface area contributed by atoms with E-state index < -0.39 is 0 Å². The lowest BCUT2D eigenvalue weighted by atomic mass is 9.95. The van der Waals surface area contributed by atoms with Gasteiger partial charge < -0.3 is 9.30 Å². The van der Waals surface area contributed by atoms with Crippen molar-refractivity contribution < 1.29 is 9.13 Å². The van der Waals surface area contributed by atoms with Crippen LogP contribution < -0.4 is 4.74 Å². The number of hydrogen-bond donors (Lipinski definition) is 0. The molecule has 164 valence electrons. The normalized spacial score (nSPS) is 15.6. The number of ether oxygens (including phenoxy) is 1. The van der Waals surface area contributed by atoms with E-state index in [0.717, 1.165) is 58.9 Å². The van der Waals surface area contributed by atoms with Crippen LogP contribution in [0.1, 0.15) is 47.1 Å². The topological polar surface area (TPSA) is 57.8 Å². The summed E-state index contributed by atoms with van der Waals surface area (Å²) in [6.45, 7) is 1.96. The van der Waals surface area contributed by atoms with Crippen LogP contribution in [0.25, 0.3) is 5.69 Å². The maximum absolute atomic E-state index is 13.5. The third kappa shape index (κ3) is 3.77. The van der Waals surface area contributed by atoms with Crippen molar-refractivity contribution in [3.8, 4) is 11.4 Å². The van der Waals surface area contributed by atoms with Gasteiger partial charge in [0, 0.05) is 17.6 Å². The number of nitrogens with zero attached hydrogens (tertiary/aromatic N) is 5. The first-order chi connectivity index (χ1) is 15.5. The summed E-state index contributed by atoms with van der Waals surface area (Å²) in [5.74, 6) is 0.439. The van der Waals surface area contributed by atoms with Crippen LogP contribution in [-0.2, 0) is 12.8 Å². The molecular formula is C24H23ClFN5O. The van der Waals surface area contributed by atoms with Crippen LogP contribution in [0.5, 0.6) is 5.75 Å². The molecule has 0 aliphatic carbocycles. The predicted molar refractivity (Wildman–Crippen MR) is 120 cm³/mol. The number of aryl methyl sites for hydroxylation is 1.